The summed E-state index contributed by atoms with van der Waals surface area (Å²) in [6.07, 6.45) is 1.71. The van der Waals surface area contributed by atoms with Crippen molar-refractivity contribution in [2.24, 2.45) is 0 Å². The van der Waals surface area contributed by atoms with Gasteiger partial charge in [-0.05, 0) is 0 Å². The number of carbonyl (C=O) groups is 1. The summed E-state index contributed by atoms with van der Waals surface area (Å²) in [5, 5.41) is 3.95. The highest BCUT2D eigenvalue weighted by Gasteiger charge is 2.29. The predicted molar refractivity (Wildman–Crippen MR) is 88.1 cm³/mol. The van der Waals surface area contributed by atoms with E-state index in [1.54, 1.807) is 13.2 Å². The van der Waals surface area contributed by atoms with E-state index in [0.29, 0.717) is 27.7 Å². The number of hydrogen-bond acceptors (Lipinski definition) is 5. The number of aromatic nitrogens is 2. The number of anilines is 1. The first-order valence-electron chi connectivity index (χ1n) is 7.41. The molecule has 1 N–H and O–H groups in total. The zero-order valence-corrected chi connectivity index (χ0v) is 14.2. The second-order valence-electron chi connectivity index (χ2n) is 5.86. The van der Waals surface area contributed by atoms with Crippen LogP contribution < -0.4 is 5.32 Å². The summed E-state index contributed by atoms with van der Waals surface area (Å²) in [5.74, 6) is 0.921. The van der Waals surface area contributed by atoms with Crippen LogP contribution in [0.2, 0.25) is 0 Å². The van der Waals surface area contributed by atoms with Crippen molar-refractivity contribution in [3.05, 3.63) is 17.7 Å². The van der Waals surface area contributed by atoms with Gasteiger partial charge in [0.1, 0.15) is 5.82 Å². The Hall–Kier alpha value is -1.30. The number of rotatable bonds is 3. The van der Waals surface area contributed by atoms with E-state index in [4.69, 9.17) is 0 Å². The SMILES string of the molecule is CNc1cnc(C(C)C)nc1C(=O)N1CC(C)SC(C)C1. The molecule has 21 heavy (non-hydrogen) atoms. The molecule has 2 rings (SSSR count). The molecule has 2 atom stereocenters. The van der Waals surface area contributed by atoms with Gasteiger partial charge >= 0.3 is 0 Å². The first kappa shape index (κ1) is 16.1. The average Bonchev–Trinajstić information content (AvgIpc) is 2.44. The molecule has 1 aliphatic heterocycles. The van der Waals surface area contributed by atoms with Crippen LogP contribution in [-0.4, -0.2) is 51.4 Å². The molecule has 1 aromatic rings. The van der Waals surface area contributed by atoms with E-state index in [2.05, 4.69) is 29.1 Å². The van der Waals surface area contributed by atoms with Crippen molar-refractivity contribution in [1.29, 1.82) is 0 Å². The predicted octanol–water partition coefficient (Wildman–Crippen LogP) is 2.61. The van der Waals surface area contributed by atoms with Crippen LogP contribution in [0.15, 0.2) is 6.20 Å². The summed E-state index contributed by atoms with van der Waals surface area (Å²) in [6.45, 7) is 9.95. The topological polar surface area (TPSA) is 58.1 Å². The first-order chi connectivity index (χ1) is 9.92. The van der Waals surface area contributed by atoms with E-state index in [1.807, 2.05) is 30.5 Å². The fraction of sp³-hybridized carbons (Fsp3) is 0.667. The fourth-order valence-electron chi connectivity index (χ4n) is 2.51. The molecule has 1 fully saturated rings. The smallest absolute Gasteiger partial charge is 0.274 e. The molecule has 6 heteroatoms. The maximum atomic E-state index is 12.8. The number of hydrogen-bond donors (Lipinski definition) is 1. The molecule has 5 nitrogen and oxygen atoms in total. The minimum Gasteiger partial charge on any atom is -0.385 e. The Morgan fingerprint density at radius 2 is 2.00 bits per heavy atom. The molecule has 0 bridgehead atoms. The molecule has 1 aromatic heterocycles. The van der Waals surface area contributed by atoms with Gasteiger partial charge in [0.05, 0.1) is 11.9 Å². The van der Waals surface area contributed by atoms with Crippen LogP contribution in [-0.2, 0) is 0 Å². The van der Waals surface area contributed by atoms with Gasteiger partial charge in [-0.3, -0.25) is 4.79 Å². The Morgan fingerprint density at radius 1 is 1.38 bits per heavy atom. The molecule has 1 amide bonds. The van der Waals surface area contributed by atoms with Gasteiger partial charge in [0.2, 0.25) is 0 Å². The molecule has 0 radical (unpaired) electrons. The van der Waals surface area contributed by atoms with Crippen LogP contribution >= 0.6 is 11.8 Å². The molecule has 1 saturated heterocycles. The summed E-state index contributed by atoms with van der Waals surface area (Å²) in [7, 11) is 1.79. The van der Waals surface area contributed by atoms with Crippen LogP contribution in [0.4, 0.5) is 5.69 Å². The maximum Gasteiger partial charge on any atom is 0.274 e. The largest absolute Gasteiger partial charge is 0.385 e. The van der Waals surface area contributed by atoms with Crippen molar-refractivity contribution in [1.82, 2.24) is 14.9 Å². The number of nitrogens with zero attached hydrogens (tertiary/aromatic N) is 3. The molecule has 2 heterocycles. The van der Waals surface area contributed by atoms with Gasteiger partial charge in [0.25, 0.3) is 5.91 Å². The molecule has 0 aromatic carbocycles. The summed E-state index contributed by atoms with van der Waals surface area (Å²) >= 11 is 1.93. The Bertz CT molecular complexity index is 510. The van der Waals surface area contributed by atoms with Gasteiger partial charge in [-0.1, -0.05) is 27.7 Å². The van der Waals surface area contributed by atoms with E-state index in [9.17, 15) is 4.79 Å². The van der Waals surface area contributed by atoms with Crippen molar-refractivity contribution >= 4 is 23.4 Å². The molecule has 0 spiro atoms. The van der Waals surface area contributed by atoms with Gasteiger partial charge in [-0.25, -0.2) is 9.97 Å². The molecular formula is C15H24N4OS. The second kappa shape index (κ2) is 6.64. The third-order valence-corrected chi connectivity index (χ3v) is 4.73. The van der Waals surface area contributed by atoms with Crippen molar-refractivity contribution in [2.75, 3.05) is 25.5 Å². The van der Waals surface area contributed by atoms with E-state index >= 15 is 0 Å². The van der Waals surface area contributed by atoms with Crippen molar-refractivity contribution in [3.8, 4) is 0 Å². The summed E-state index contributed by atoms with van der Waals surface area (Å²) in [4.78, 5) is 23.6. The number of nitrogens with one attached hydrogen (secondary N) is 1. The van der Waals surface area contributed by atoms with E-state index in [1.165, 1.54) is 0 Å². The van der Waals surface area contributed by atoms with Crippen molar-refractivity contribution < 1.29 is 4.79 Å². The molecule has 0 aliphatic carbocycles. The third kappa shape index (κ3) is 3.67. The van der Waals surface area contributed by atoms with Gasteiger partial charge in [-0.15, -0.1) is 0 Å². The van der Waals surface area contributed by atoms with Gasteiger partial charge < -0.3 is 10.2 Å². The van der Waals surface area contributed by atoms with Gasteiger partial charge in [0.15, 0.2) is 5.69 Å². The average molecular weight is 308 g/mol. The normalized spacial score (nSPS) is 22.5. The Balaban J connectivity index is 2.30. The lowest BCUT2D eigenvalue weighted by Gasteiger charge is -2.34. The highest BCUT2D eigenvalue weighted by atomic mass is 32.2. The van der Waals surface area contributed by atoms with E-state index < -0.39 is 0 Å². The third-order valence-electron chi connectivity index (χ3n) is 3.50. The van der Waals surface area contributed by atoms with Gasteiger partial charge in [-0.2, -0.15) is 11.8 Å². The van der Waals surface area contributed by atoms with Crippen molar-refractivity contribution in [2.45, 2.75) is 44.1 Å². The van der Waals surface area contributed by atoms with Crippen molar-refractivity contribution in [3.63, 3.8) is 0 Å². The lowest BCUT2D eigenvalue weighted by atomic mass is 10.2. The van der Waals surface area contributed by atoms with Crippen LogP contribution in [0.5, 0.6) is 0 Å². The van der Waals surface area contributed by atoms with Crippen LogP contribution in [0.1, 0.15) is 49.9 Å². The summed E-state index contributed by atoms with van der Waals surface area (Å²) in [5.41, 5.74) is 1.19. The number of carbonyl (C=O) groups excluding carboxylic acids is 1. The molecule has 0 saturated carbocycles. The standard InChI is InChI=1S/C15H24N4OS/c1-9(2)14-17-6-12(16-5)13(18-14)15(20)19-7-10(3)21-11(4)8-19/h6,9-11,16H,7-8H2,1-5H3. The molecule has 1 aliphatic rings. The van der Waals surface area contributed by atoms with Gasteiger partial charge in [0, 0.05) is 36.6 Å². The second-order valence-corrected chi connectivity index (χ2v) is 7.74. The number of thioether (sulfide) groups is 1. The Labute approximate surface area is 130 Å². The summed E-state index contributed by atoms with van der Waals surface area (Å²) in [6, 6.07) is 0. The quantitative estimate of drug-likeness (QED) is 0.930. The zero-order chi connectivity index (χ0) is 15.6. The maximum absolute atomic E-state index is 12.8. The lowest BCUT2D eigenvalue weighted by Crippen LogP contribution is -2.44. The Morgan fingerprint density at radius 3 is 2.52 bits per heavy atom. The molecular weight excluding hydrogens is 284 g/mol. The highest BCUT2D eigenvalue weighted by Crippen LogP contribution is 2.27. The highest BCUT2D eigenvalue weighted by molar-refractivity contribution is 8.00. The minimum absolute atomic E-state index is 0.00245. The first-order valence-corrected chi connectivity index (χ1v) is 8.36. The van der Waals surface area contributed by atoms with E-state index in [-0.39, 0.29) is 11.8 Å². The number of amides is 1. The van der Waals surface area contributed by atoms with E-state index in [0.717, 1.165) is 13.1 Å². The van der Waals surface area contributed by atoms with Crippen LogP contribution in [0.25, 0.3) is 0 Å². The zero-order valence-electron chi connectivity index (χ0n) is 13.4. The monoisotopic (exact) mass is 308 g/mol. The lowest BCUT2D eigenvalue weighted by molar-refractivity contribution is 0.0748. The molecule has 2 unspecified atom stereocenters. The fourth-order valence-corrected chi connectivity index (χ4v) is 3.84. The van der Waals surface area contributed by atoms with Crippen LogP contribution in [0, 0.1) is 0 Å². The van der Waals surface area contributed by atoms with Crippen LogP contribution in [0.3, 0.4) is 0 Å². The minimum atomic E-state index is 0.00245. The molecule has 116 valence electrons. The summed E-state index contributed by atoms with van der Waals surface area (Å²) < 4.78 is 0. The Kier molecular flexibility index (Phi) is 5.08.